The summed E-state index contributed by atoms with van der Waals surface area (Å²) in [5.74, 6) is -0.675. The molecule has 0 aliphatic carbocycles. The molecule has 0 N–H and O–H groups in total. The largest absolute Gasteiger partial charge is 0.459 e. The van der Waals surface area contributed by atoms with Crippen LogP contribution >= 0.6 is 0 Å². The Labute approximate surface area is 135 Å². The second-order valence-electron chi connectivity index (χ2n) is 5.98. The molecule has 1 aromatic rings. The van der Waals surface area contributed by atoms with Gasteiger partial charge in [-0.3, -0.25) is 14.9 Å². The normalized spacial score (nSPS) is 13.7. The number of carbonyl (C=O) groups excluding carboxylic acids is 1. The lowest BCUT2D eigenvalue weighted by molar-refractivity contribution is -0.384. The summed E-state index contributed by atoms with van der Waals surface area (Å²) >= 11 is 0. The van der Waals surface area contributed by atoms with Crippen molar-refractivity contribution in [1.29, 1.82) is 0 Å². The van der Waals surface area contributed by atoms with Crippen molar-refractivity contribution >= 4 is 21.7 Å². The molecule has 1 atom stereocenters. The van der Waals surface area contributed by atoms with E-state index in [1.807, 2.05) is 0 Å². The molecule has 0 amide bonds. The first-order chi connectivity index (χ1) is 10.4. The van der Waals surface area contributed by atoms with Gasteiger partial charge in [-0.2, -0.15) is 4.31 Å². The predicted molar refractivity (Wildman–Crippen MR) is 83.4 cm³/mol. The van der Waals surface area contributed by atoms with Crippen molar-refractivity contribution < 1.29 is 22.9 Å². The van der Waals surface area contributed by atoms with Crippen molar-refractivity contribution in [1.82, 2.24) is 4.31 Å². The van der Waals surface area contributed by atoms with Crippen LogP contribution in [-0.2, 0) is 19.6 Å². The van der Waals surface area contributed by atoms with E-state index in [1.165, 1.54) is 14.0 Å². The van der Waals surface area contributed by atoms with E-state index in [9.17, 15) is 23.3 Å². The number of nitrogens with zero attached hydrogens (tertiary/aromatic N) is 2. The van der Waals surface area contributed by atoms with Crippen LogP contribution in [0, 0.1) is 10.1 Å². The number of nitro benzene ring substituents is 1. The number of hydrogen-bond donors (Lipinski definition) is 0. The van der Waals surface area contributed by atoms with Crippen LogP contribution in [0.25, 0.3) is 0 Å². The highest BCUT2D eigenvalue weighted by Gasteiger charge is 2.32. The summed E-state index contributed by atoms with van der Waals surface area (Å²) in [7, 11) is -2.72. The van der Waals surface area contributed by atoms with Crippen LogP contribution in [-0.4, -0.2) is 42.3 Å². The fraction of sp³-hybridized carbons (Fsp3) is 0.500. The molecule has 9 heteroatoms. The summed E-state index contributed by atoms with van der Waals surface area (Å²) in [4.78, 5) is 21.9. The molecule has 0 fully saturated rings. The van der Waals surface area contributed by atoms with Gasteiger partial charge in [0, 0.05) is 19.2 Å². The first kappa shape index (κ1) is 19.0. The van der Waals surface area contributed by atoms with Gasteiger partial charge in [0.25, 0.3) is 5.69 Å². The molecule has 0 radical (unpaired) electrons. The van der Waals surface area contributed by atoms with Gasteiger partial charge in [-0.05, 0) is 39.8 Å². The highest BCUT2D eigenvalue weighted by atomic mass is 32.2. The number of rotatable bonds is 5. The van der Waals surface area contributed by atoms with Crippen LogP contribution in [0.2, 0.25) is 0 Å². The summed E-state index contributed by atoms with van der Waals surface area (Å²) in [6, 6.07) is 3.42. The summed E-state index contributed by atoms with van der Waals surface area (Å²) in [6.45, 7) is 6.46. The van der Waals surface area contributed by atoms with Crippen LogP contribution in [0.1, 0.15) is 27.7 Å². The zero-order chi connectivity index (χ0) is 18.0. The zero-order valence-corrected chi connectivity index (χ0v) is 14.5. The Morgan fingerprint density at radius 3 is 2.13 bits per heavy atom. The minimum Gasteiger partial charge on any atom is -0.459 e. The molecule has 0 heterocycles. The van der Waals surface area contributed by atoms with Gasteiger partial charge < -0.3 is 4.74 Å². The van der Waals surface area contributed by atoms with Gasteiger partial charge in [0.15, 0.2) is 0 Å². The van der Waals surface area contributed by atoms with Crippen LogP contribution in [0.4, 0.5) is 5.69 Å². The Balaban J connectivity index is 3.02. The van der Waals surface area contributed by atoms with E-state index in [-0.39, 0.29) is 10.6 Å². The molecule has 0 saturated carbocycles. The number of ether oxygens (including phenoxy) is 1. The number of likely N-dealkylation sites (N-methyl/N-ethyl adjacent to an activating group) is 1. The molecule has 0 spiro atoms. The maximum atomic E-state index is 12.5. The van der Waals surface area contributed by atoms with E-state index in [0.717, 1.165) is 28.6 Å². The fourth-order valence-corrected chi connectivity index (χ4v) is 2.96. The number of sulfonamides is 1. The molecule has 0 unspecified atom stereocenters. The Kier molecular flexibility index (Phi) is 5.49. The van der Waals surface area contributed by atoms with Gasteiger partial charge in [0.2, 0.25) is 10.0 Å². The number of nitro groups is 1. The van der Waals surface area contributed by atoms with Gasteiger partial charge in [-0.25, -0.2) is 8.42 Å². The average Bonchev–Trinajstić information content (AvgIpc) is 2.43. The summed E-state index contributed by atoms with van der Waals surface area (Å²) in [6.07, 6.45) is 0. The molecule has 0 bridgehead atoms. The number of non-ortho nitro benzene ring substituents is 1. The second kappa shape index (κ2) is 6.63. The fourth-order valence-electron chi connectivity index (χ4n) is 1.65. The molecule has 128 valence electrons. The third-order valence-electron chi connectivity index (χ3n) is 3.02. The van der Waals surface area contributed by atoms with Crippen LogP contribution in [0.15, 0.2) is 29.2 Å². The van der Waals surface area contributed by atoms with E-state index in [2.05, 4.69) is 0 Å². The summed E-state index contributed by atoms with van der Waals surface area (Å²) in [5, 5.41) is 10.6. The molecular weight excluding hydrogens is 324 g/mol. The van der Waals surface area contributed by atoms with E-state index in [4.69, 9.17) is 4.74 Å². The van der Waals surface area contributed by atoms with E-state index in [0.29, 0.717) is 0 Å². The number of carbonyl (C=O) groups is 1. The SMILES string of the molecule is C[C@@H](C(=O)OC(C)(C)C)N(C)S(=O)(=O)c1ccc([N+](=O)[O-])cc1. The quantitative estimate of drug-likeness (QED) is 0.459. The van der Waals surface area contributed by atoms with Gasteiger partial charge >= 0.3 is 5.97 Å². The Morgan fingerprint density at radius 1 is 1.26 bits per heavy atom. The molecule has 0 aliphatic rings. The molecule has 23 heavy (non-hydrogen) atoms. The second-order valence-corrected chi connectivity index (χ2v) is 7.98. The highest BCUT2D eigenvalue weighted by molar-refractivity contribution is 7.89. The third kappa shape index (κ3) is 4.73. The standard InChI is InChI=1S/C14H20N2O6S/c1-10(13(17)22-14(2,3)4)15(5)23(20,21)12-8-6-11(7-9-12)16(18)19/h6-10H,1-5H3/t10-/m0/s1. The molecule has 0 aromatic heterocycles. The number of benzene rings is 1. The maximum Gasteiger partial charge on any atom is 0.324 e. The van der Waals surface area contributed by atoms with Crippen molar-refractivity contribution in [3.8, 4) is 0 Å². The van der Waals surface area contributed by atoms with Crippen LogP contribution in [0.3, 0.4) is 0 Å². The van der Waals surface area contributed by atoms with Gasteiger partial charge in [0.05, 0.1) is 9.82 Å². The van der Waals surface area contributed by atoms with E-state index in [1.54, 1.807) is 20.8 Å². The third-order valence-corrected chi connectivity index (χ3v) is 4.96. The minimum atomic E-state index is -3.97. The smallest absolute Gasteiger partial charge is 0.324 e. The summed E-state index contributed by atoms with van der Waals surface area (Å²) in [5.41, 5.74) is -0.949. The molecular formula is C14H20N2O6S. The molecule has 0 saturated heterocycles. The van der Waals surface area contributed by atoms with E-state index >= 15 is 0 Å². The topological polar surface area (TPSA) is 107 Å². The molecule has 8 nitrogen and oxygen atoms in total. The van der Waals surface area contributed by atoms with Crippen LogP contribution in [0.5, 0.6) is 0 Å². The first-order valence-corrected chi connectivity index (χ1v) is 8.25. The van der Waals surface area contributed by atoms with Crippen molar-refractivity contribution in [3.05, 3.63) is 34.4 Å². The number of esters is 1. The van der Waals surface area contributed by atoms with Crippen molar-refractivity contribution in [2.45, 2.75) is 44.2 Å². The first-order valence-electron chi connectivity index (χ1n) is 6.81. The van der Waals surface area contributed by atoms with Gasteiger partial charge in [-0.1, -0.05) is 0 Å². The van der Waals surface area contributed by atoms with Crippen molar-refractivity contribution in [2.75, 3.05) is 7.05 Å². The monoisotopic (exact) mass is 344 g/mol. The Morgan fingerprint density at radius 2 is 1.74 bits per heavy atom. The Bertz CT molecular complexity index is 691. The maximum absolute atomic E-state index is 12.5. The average molecular weight is 344 g/mol. The predicted octanol–water partition coefficient (Wildman–Crippen LogP) is 1.95. The lowest BCUT2D eigenvalue weighted by Crippen LogP contribution is -2.43. The number of hydrogen-bond acceptors (Lipinski definition) is 6. The zero-order valence-electron chi connectivity index (χ0n) is 13.6. The highest BCUT2D eigenvalue weighted by Crippen LogP contribution is 2.21. The van der Waals surface area contributed by atoms with E-state index < -0.39 is 32.6 Å². The minimum absolute atomic E-state index is 0.138. The lowest BCUT2D eigenvalue weighted by atomic mass is 10.2. The Hall–Kier alpha value is -2.00. The van der Waals surface area contributed by atoms with Crippen molar-refractivity contribution in [3.63, 3.8) is 0 Å². The molecule has 1 aromatic carbocycles. The van der Waals surface area contributed by atoms with Crippen LogP contribution < -0.4 is 0 Å². The molecule has 0 aliphatic heterocycles. The summed E-state index contributed by atoms with van der Waals surface area (Å²) < 4.78 is 31.0. The van der Waals surface area contributed by atoms with Gasteiger partial charge in [0.1, 0.15) is 11.6 Å². The lowest BCUT2D eigenvalue weighted by Gasteiger charge is -2.27. The van der Waals surface area contributed by atoms with Gasteiger partial charge in [-0.15, -0.1) is 0 Å². The molecule has 1 rings (SSSR count). The van der Waals surface area contributed by atoms with Crippen molar-refractivity contribution in [2.24, 2.45) is 0 Å².